The molecule has 1 aromatic carbocycles. The van der Waals surface area contributed by atoms with Crippen LogP contribution in [0.3, 0.4) is 0 Å². The van der Waals surface area contributed by atoms with Crippen LogP contribution in [-0.2, 0) is 6.42 Å². The van der Waals surface area contributed by atoms with Gasteiger partial charge in [0.05, 0.1) is 0 Å². The lowest BCUT2D eigenvalue weighted by Gasteiger charge is -2.37. The summed E-state index contributed by atoms with van der Waals surface area (Å²) in [5.74, 6) is 0. The van der Waals surface area contributed by atoms with Crippen LogP contribution in [0.5, 0.6) is 0 Å². The molecule has 0 unspecified atom stereocenters. The van der Waals surface area contributed by atoms with E-state index in [4.69, 9.17) is 17.3 Å². The van der Waals surface area contributed by atoms with Gasteiger partial charge in [-0.2, -0.15) is 0 Å². The van der Waals surface area contributed by atoms with E-state index in [-0.39, 0.29) is 5.54 Å². The molecular weight excluding hydrogens is 220 g/mol. The van der Waals surface area contributed by atoms with E-state index in [2.05, 4.69) is 18.0 Å². The minimum absolute atomic E-state index is 0.0445. The van der Waals surface area contributed by atoms with E-state index in [1.165, 1.54) is 5.56 Å². The van der Waals surface area contributed by atoms with Crippen LogP contribution in [0.4, 0.5) is 0 Å². The Morgan fingerprint density at radius 2 is 2.06 bits per heavy atom. The lowest BCUT2D eigenvalue weighted by Crippen LogP contribution is -2.50. The minimum Gasteiger partial charge on any atom is -0.325 e. The molecule has 1 saturated heterocycles. The number of halogens is 1. The van der Waals surface area contributed by atoms with Crippen molar-refractivity contribution in [3.05, 3.63) is 34.9 Å². The highest BCUT2D eigenvalue weighted by molar-refractivity contribution is 6.30. The molecule has 0 aliphatic carbocycles. The standard InChI is InChI=1S/C13H19ClN2/c1-16-7-5-13(15,6-8-16)10-11-3-2-4-12(14)9-11/h2-4,9H,5-8,10,15H2,1H3. The Hall–Kier alpha value is -0.570. The molecule has 88 valence electrons. The number of nitrogens with zero attached hydrogens (tertiary/aromatic N) is 1. The highest BCUT2D eigenvalue weighted by atomic mass is 35.5. The molecule has 0 atom stereocenters. The van der Waals surface area contributed by atoms with Crippen LogP contribution in [0.15, 0.2) is 24.3 Å². The molecule has 1 aliphatic heterocycles. The summed E-state index contributed by atoms with van der Waals surface area (Å²) in [4.78, 5) is 2.34. The summed E-state index contributed by atoms with van der Waals surface area (Å²) in [5, 5.41) is 0.800. The molecule has 0 bridgehead atoms. The fourth-order valence-corrected chi connectivity index (χ4v) is 2.51. The lowest BCUT2D eigenvalue weighted by atomic mass is 9.83. The first-order chi connectivity index (χ1) is 7.57. The third kappa shape index (κ3) is 2.97. The Bertz CT molecular complexity index is 357. The predicted octanol–water partition coefficient (Wildman–Crippen LogP) is 2.31. The zero-order valence-electron chi connectivity index (χ0n) is 9.75. The first-order valence-electron chi connectivity index (χ1n) is 5.79. The van der Waals surface area contributed by atoms with Gasteiger partial charge in [-0.3, -0.25) is 0 Å². The van der Waals surface area contributed by atoms with Crippen molar-refractivity contribution in [3.63, 3.8) is 0 Å². The van der Waals surface area contributed by atoms with E-state index in [1.807, 2.05) is 18.2 Å². The average molecular weight is 239 g/mol. The highest BCUT2D eigenvalue weighted by Crippen LogP contribution is 2.24. The zero-order valence-corrected chi connectivity index (χ0v) is 10.5. The van der Waals surface area contributed by atoms with E-state index in [1.54, 1.807) is 0 Å². The summed E-state index contributed by atoms with van der Waals surface area (Å²) in [6, 6.07) is 8.03. The summed E-state index contributed by atoms with van der Waals surface area (Å²) in [6.07, 6.45) is 3.06. The molecule has 0 aromatic heterocycles. The molecule has 2 nitrogen and oxygen atoms in total. The Kier molecular flexibility index (Phi) is 3.53. The largest absolute Gasteiger partial charge is 0.325 e. The highest BCUT2D eigenvalue weighted by Gasteiger charge is 2.29. The van der Waals surface area contributed by atoms with Crippen LogP contribution < -0.4 is 5.73 Å². The number of hydrogen-bond acceptors (Lipinski definition) is 2. The van der Waals surface area contributed by atoms with E-state index in [9.17, 15) is 0 Å². The van der Waals surface area contributed by atoms with Gasteiger partial charge < -0.3 is 10.6 Å². The quantitative estimate of drug-likeness (QED) is 0.857. The molecule has 1 fully saturated rings. The number of piperidine rings is 1. The van der Waals surface area contributed by atoms with Gasteiger partial charge in [0.15, 0.2) is 0 Å². The van der Waals surface area contributed by atoms with E-state index >= 15 is 0 Å². The van der Waals surface area contributed by atoms with Crippen LogP contribution in [0, 0.1) is 0 Å². The summed E-state index contributed by atoms with van der Waals surface area (Å²) in [5.41, 5.74) is 7.64. The van der Waals surface area contributed by atoms with Crippen molar-refractivity contribution in [2.75, 3.05) is 20.1 Å². The van der Waals surface area contributed by atoms with Crippen LogP contribution in [0.25, 0.3) is 0 Å². The summed E-state index contributed by atoms with van der Waals surface area (Å²) >= 11 is 5.98. The number of rotatable bonds is 2. The van der Waals surface area contributed by atoms with Crippen LogP contribution in [0.2, 0.25) is 5.02 Å². The molecule has 2 N–H and O–H groups in total. The predicted molar refractivity (Wildman–Crippen MR) is 68.8 cm³/mol. The van der Waals surface area contributed by atoms with Gasteiger partial charge in [0, 0.05) is 10.6 Å². The first kappa shape index (κ1) is 11.9. The van der Waals surface area contributed by atoms with Gasteiger partial charge in [0.2, 0.25) is 0 Å². The molecule has 1 heterocycles. The smallest absolute Gasteiger partial charge is 0.0408 e. The molecule has 1 aliphatic rings. The molecule has 3 heteroatoms. The van der Waals surface area contributed by atoms with Gasteiger partial charge in [-0.1, -0.05) is 23.7 Å². The van der Waals surface area contributed by atoms with E-state index < -0.39 is 0 Å². The van der Waals surface area contributed by atoms with Crippen molar-refractivity contribution in [2.45, 2.75) is 24.8 Å². The Morgan fingerprint density at radius 3 is 2.69 bits per heavy atom. The van der Waals surface area contributed by atoms with Crippen LogP contribution in [0.1, 0.15) is 18.4 Å². The van der Waals surface area contributed by atoms with E-state index in [0.29, 0.717) is 0 Å². The summed E-state index contributed by atoms with van der Waals surface area (Å²) in [6.45, 7) is 2.19. The van der Waals surface area contributed by atoms with Crippen molar-refractivity contribution < 1.29 is 0 Å². The molecule has 1 aromatic rings. The third-order valence-corrected chi connectivity index (χ3v) is 3.66. The number of benzene rings is 1. The average Bonchev–Trinajstić information content (AvgIpc) is 2.23. The molecule has 16 heavy (non-hydrogen) atoms. The second kappa shape index (κ2) is 4.74. The third-order valence-electron chi connectivity index (χ3n) is 3.43. The van der Waals surface area contributed by atoms with Crippen molar-refractivity contribution in [1.29, 1.82) is 0 Å². The molecule has 0 spiro atoms. The van der Waals surface area contributed by atoms with Crippen LogP contribution >= 0.6 is 11.6 Å². The number of hydrogen-bond donors (Lipinski definition) is 1. The fraction of sp³-hybridized carbons (Fsp3) is 0.538. The lowest BCUT2D eigenvalue weighted by molar-refractivity contribution is 0.190. The van der Waals surface area contributed by atoms with Gasteiger partial charge in [-0.15, -0.1) is 0 Å². The summed E-state index contributed by atoms with van der Waals surface area (Å²) in [7, 11) is 2.15. The Morgan fingerprint density at radius 1 is 1.38 bits per heavy atom. The van der Waals surface area contributed by atoms with Gasteiger partial charge in [-0.05, 0) is 57.1 Å². The monoisotopic (exact) mass is 238 g/mol. The van der Waals surface area contributed by atoms with Gasteiger partial charge >= 0.3 is 0 Å². The molecule has 0 saturated carbocycles. The zero-order chi connectivity index (χ0) is 11.6. The van der Waals surface area contributed by atoms with Gasteiger partial charge in [0.1, 0.15) is 0 Å². The van der Waals surface area contributed by atoms with Gasteiger partial charge in [-0.25, -0.2) is 0 Å². The second-order valence-corrected chi connectivity index (χ2v) is 5.41. The maximum Gasteiger partial charge on any atom is 0.0408 e. The Balaban J connectivity index is 2.03. The fourth-order valence-electron chi connectivity index (χ4n) is 2.29. The number of likely N-dealkylation sites (tertiary alicyclic amines) is 1. The van der Waals surface area contributed by atoms with Crippen molar-refractivity contribution >= 4 is 11.6 Å². The molecule has 2 rings (SSSR count). The Labute approximate surface area is 102 Å². The topological polar surface area (TPSA) is 29.3 Å². The maximum atomic E-state index is 6.43. The molecule has 0 radical (unpaired) electrons. The minimum atomic E-state index is -0.0445. The van der Waals surface area contributed by atoms with Crippen molar-refractivity contribution in [1.82, 2.24) is 4.90 Å². The molecular formula is C13H19ClN2. The van der Waals surface area contributed by atoms with Crippen LogP contribution in [-0.4, -0.2) is 30.6 Å². The number of nitrogens with two attached hydrogens (primary N) is 1. The summed E-state index contributed by atoms with van der Waals surface area (Å²) < 4.78 is 0. The van der Waals surface area contributed by atoms with Crippen molar-refractivity contribution in [2.24, 2.45) is 5.73 Å². The first-order valence-corrected chi connectivity index (χ1v) is 6.17. The maximum absolute atomic E-state index is 6.43. The normalized spacial score (nSPS) is 20.9. The second-order valence-electron chi connectivity index (χ2n) is 4.97. The SMILES string of the molecule is CN1CCC(N)(Cc2cccc(Cl)c2)CC1. The van der Waals surface area contributed by atoms with Crippen molar-refractivity contribution in [3.8, 4) is 0 Å². The molecule has 0 amide bonds. The van der Waals surface area contributed by atoms with E-state index in [0.717, 1.165) is 37.4 Å². The van der Waals surface area contributed by atoms with Gasteiger partial charge in [0.25, 0.3) is 0 Å².